The van der Waals surface area contributed by atoms with Gasteiger partial charge >= 0.3 is 43.1 Å². The number of aromatic nitrogens is 2. The zero-order valence-corrected chi connectivity index (χ0v) is 15.6. The van der Waals surface area contributed by atoms with Crippen molar-refractivity contribution < 1.29 is 23.6 Å². The summed E-state index contributed by atoms with van der Waals surface area (Å²) in [7, 11) is -3.40. The normalized spacial score (nSPS) is 10.9. The zero-order chi connectivity index (χ0) is 19.6. The Labute approximate surface area is 187 Å². The van der Waals surface area contributed by atoms with Crippen molar-refractivity contribution in [3.63, 3.8) is 0 Å². The van der Waals surface area contributed by atoms with Crippen LogP contribution in [0.4, 0.5) is 0 Å². The van der Waals surface area contributed by atoms with Crippen molar-refractivity contribution >= 4 is 49.0 Å². The van der Waals surface area contributed by atoms with Gasteiger partial charge in [0, 0.05) is 16.1 Å². The molecule has 0 aliphatic carbocycles. The molecule has 3 N–H and O–H groups in total. The minimum atomic E-state index is -4.73. The fraction of sp³-hybridized carbons (Fsp3) is 0.0588. The van der Waals surface area contributed by atoms with Crippen LogP contribution < -0.4 is 15.0 Å². The van der Waals surface area contributed by atoms with Crippen LogP contribution in [0.5, 0.6) is 11.5 Å². The first-order valence-electron chi connectivity index (χ1n) is 7.56. The molecule has 1 heterocycles. The fourth-order valence-electron chi connectivity index (χ4n) is 2.42. The van der Waals surface area contributed by atoms with Crippen LogP contribution in [-0.2, 0) is 4.57 Å². The molecule has 0 spiro atoms. The number of hydrogen-bond donors (Lipinski definition) is 3. The molecule has 0 fully saturated rings. The van der Waals surface area contributed by atoms with Gasteiger partial charge in [0.1, 0.15) is 0 Å². The third-order valence-electron chi connectivity index (χ3n) is 3.58. The molecule has 0 saturated heterocycles. The fourth-order valence-corrected chi connectivity index (χ4v) is 2.95. The average molecular weight is 433 g/mol. The SMILES string of the molecule is COc1cc(-c2cc(-c3ccc(Cl)cc3)nc(=O)[nH]2)ccc1OP(=O)(O)O.[NaH]. The molecule has 0 aliphatic rings. The summed E-state index contributed by atoms with van der Waals surface area (Å²) in [6.45, 7) is 0. The molecule has 0 atom stereocenters. The third kappa shape index (κ3) is 5.68. The predicted molar refractivity (Wildman–Crippen MR) is 107 cm³/mol. The molecule has 0 saturated carbocycles. The van der Waals surface area contributed by atoms with Gasteiger partial charge in [-0.15, -0.1) is 0 Å². The van der Waals surface area contributed by atoms with Gasteiger partial charge in [-0.25, -0.2) is 9.36 Å². The molecule has 8 nitrogen and oxygen atoms in total. The van der Waals surface area contributed by atoms with Crippen LogP contribution in [0.1, 0.15) is 0 Å². The first-order valence-corrected chi connectivity index (χ1v) is 9.47. The Morgan fingerprint density at radius 1 is 1.04 bits per heavy atom. The van der Waals surface area contributed by atoms with Crippen LogP contribution in [-0.4, -0.2) is 56.4 Å². The molecule has 0 amide bonds. The summed E-state index contributed by atoms with van der Waals surface area (Å²) in [5.74, 6) is -0.0227. The van der Waals surface area contributed by atoms with E-state index < -0.39 is 13.5 Å². The monoisotopic (exact) mass is 432 g/mol. The van der Waals surface area contributed by atoms with Gasteiger partial charge < -0.3 is 14.2 Å². The number of methoxy groups -OCH3 is 1. The number of H-pyrrole nitrogens is 1. The number of phosphoric ester groups is 1. The van der Waals surface area contributed by atoms with Gasteiger partial charge in [0.05, 0.1) is 18.5 Å². The van der Waals surface area contributed by atoms with Crippen LogP contribution >= 0.6 is 19.4 Å². The van der Waals surface area contributed by atoms with E-state index >= 15 is 0 Å². The molecule has 0 bridgehead atoms. The third-order valence-corrected chi connectivity index (χ3v) is 4.26. The maximum atomic E-state index is 12.0. The predicted octanol–water partition coefficient (Wildman–Crippen LogP) is 2.59. The molecule has 2 aromatic carbocycles. The van der Waals surface area contributed by atoms with Gasteiger partial charge in [0.25, 0.3) is 0 Å². The van der Waals surface area contributed by atoms with Gasteiger partial charge in [-0.2, -0.15) is 4.98 Å². The second-order valence-corrected chi connectivity index (χ2v) is 7.04. The number of rotatable bonds is 5. The van der Waals surface area contributed by atoms with E-state index in [4.69, 9.17) is 26.1 Å². The molecule has 3 aromatic rings. The number of hydrogen-bond acceptors (Lipinski definition) is 5. The van der Waals surface area contributed by atoms with Crippen molar-refractivity contribution in [3.05, 3.63) is 64.0 Å². The minimum absolute atomic E-state index is 0. The van der Waals surface area contributed by atoms with E-state index in [9.17, 15) is 9.36 Å². The molecule has 0 aliphatic heterocycles. The number of halogens is 1. The van der Waals surface area contributed by atoms with Crippen LogP contribution in [0.3, 0.4) is 0 Å². The van der Waals surface area contributed by atoms with Crippen LogP contribution in [0.2, 0.25) is 5.02 Å². The molecule has 142 valence electrons. The average Bonchev–Trinajstić information content (AvgIpc) is 2.61. The summed E-state index contributed by atoms with van der Waals surface area (Å²) in [5.41, 5.74) is 1.59. The van der Waals surface area contributed by atoms with E-state index in [2.05, 4.69) is 14.5 Å². The molecule has 0 unspecified atom stereocenters. The Morgan fingerprint density at radius 2 is 1.68 bits per heavy atom. The van der Waals surface area contributed by atoms with E-state index in [0.29, 0.717) is 27.5 Å². The van der Waals surface area contributed by atoms with Gasteiger partial charge in [-0.05, 0) is 36.4 Å². The van der Waals surface area contributed by atoms with E-state index in [1.54, 1.807) is 30.3 Å². The number of phosphoric acid groups is 1. The van der Waals surface area contributed by atoms with E-state index in [0.717, 1.165) is 0 Å². The summed E-state index contributed by atoms with van der Waals surface area (Å²) >= 11 is 5.88. The van der Waals surface area contributed by atoms with Crippen molar-refractivity contribution in [2.45, 2.75) is 0 Å². The Hall–Kier alpha value is -1.64. The van der Waals surface area contributed by atoms with Crippen molar-refractivity contribution in [2.24, 2.45) is 0 Å². The summed E-state index contributed by atoms with van der Waals surface area (Å²) in [6, 6.07) is 12.9. The van der Waals surface area contributed by atoms with Crippen molar-refractivity contribution in [1.29, 1.82) is 0 Å². The summed E-state index contributed by atoms with van der Waals surface area (Å²) < 4.78 is 20.8. The molecule has 11 heteroatoms. The van der Waals surface area contributed by atoms with Gasteiger partial charge in [0.15, 0.2) is 11.5 Å². The van der Waals surface area contributed by atoms with E-state index in [1.807, 2.05) is 0 Å². The van der Waals surface area contributed by atoms with Gasteiger partial charge in [-0.1, -0.05) is 23.7 Å². The molecule has 28 heavy (non-hydrogen) atoms. The van der Waals surface area contributed by atoms with E-state index in [-0.39, 0.29) is 41.1 Å². The number of nitrogens with zero attached hydrogens (tertiary/aromatic N) is 1. The van der Waals surface area contributed by atoms with Crippen molar-refractivity contribution in [2.75, 3.05) is 7.11 Å². The maximum absolute atomic E-state index is 12.0. The molecule has 1 aromatic heterocycles. The first kappa shape index (κ1) is 22.6. The number of aromatic amines is 1. The van der Waals surface area contributed by atoms with Crippen molar-refractivity contribution in [1.82, 2.24) is 9.97 Å². The van der Waals surface area contributed by atoms with Crippen LogP contribution in [0.25, 0.3) is 22.5 Å². The summed E-state index contributed by atoms with van der Waals surface area (Å²) in [4.78, 5) is 36.5. The number of benzene rings is 2. The first-order chi connectivity index (χ1) is 12.7. The quantitative estimate of drug-likeness (QED) is 0.418. The standard InChI is InChI=1S/C17H14ClN2O6P.Na.H/c1-25-16-8-11(4-7-15(16)26-27(22,23)24)14-9-13(19-17(21)20-14)10-2-5-12(18)6-3-10;;/h2-9H,1H3,(H,19,20,21)(H2,22,23,24);;. The van der Waals surface area contributed by atoms with Crippen LogP contribution in [0, 0.1) is 0 Å². The Bertz CT molecular complexity index is 1080. The number of nitrogens with one attached hydrogen (secondary N) is 1. The molecule has 3 rings (SSSR count). The Balaban J connectivity index is 0.00000280. The summed E-state index contributed by atoms with van der Waals surface area (Å²) in [6.07, 6.45) is 0. The summed E-state index contributed by atoms with van der Waals surface area (Å²) in [5, 5.41) is 0.564. The second kappa shape index (κ2) is 9.24. The number of ether oxygens (including phenoxy) is 1. The second-order valence-electron chi connectivity index (χ2n) is 5.44. The molecular formula is C17H15ClN2NaO6P. The molecule has 0 radical (unpaired) electrons. The van der Waals surface area contributed by atoms with Crippen LogP contribution in [0.15, 0.2) is 53.3 Å². The van der Waals surface area contributed by atoms with Crippen molar-refractivity contribution in [3.8, 4) is 34.0 Å². The topological polar surface area (TPSA) is 122 Å². The van der Waals surface area contributed by atoms with Gasteiger partial charge in [-0.3, -0.25) is 9.79 Å². The van der Waals surface area contributed by atoms with Gasteiger partial charge in [0.2, 0.25) is 0 Å². The molecular weight excluding hydrogens is 418 g/mol. The van der Waals surface area contributed by atoms with E-state index in [1.165, 1.54) is 25.3 Å². The Morgan fingerprint density at radius 3 is 2.29 bits per heavy atom. The Kier molecular flexibility index (Phi) is 7.47. The zero-order valence-electron chi connectivity index (χ0n) is 13.9.